The third-order valence-electron chi connectivity index (χ3n) is 3.62. The number of halogens is 1. The SMILES string of the molecule is Cc1sc(Br)cc1S(=O)(=O)N(CC(C)C)CC1CCCN1. The molecule has 1 saturated heterocycles. The van der Waals surface area contributed by atoms with Gasteiger partial charge in [-0.1, -0.05) is 13.8 Å². The Labute approximate surface area is 140 Å². The van der Waals surface area contributed by atoms with Crippen LogP contribution in [0.4, 0.5) is 0 Å². The summed E-state index contributed by atoms with van der Waals surface area (Å²) in [6.07, 6.45) is 2.18. The maximum atomic E-state index is 13.0. The largest absolute Gasteiger partial charge is 0.313 e. The van der Waals surface area contributed by atoms with Crippen LogP contribution in [-0.2, 0) is 10.0 Å². The molecule has 0 aromatic carbocycles. The van der Waals surface area contributed by atoms with Gasteiger partial charge in [-0.2, -0.15) is 4.31 Å². The fourth-order valence-electron chi connectivity index (χ4n) is 2.66. The minimum atomic E-state index is -3.42. The van der Waals surface area contributed by atoms with E-state index in [-0.39, 0.29) is 6.04 Å². The number of aryl methyl sites for hydroxylation is 1. The number of sulfonamides is 1. The molecular weight excluding hydrogens is 372 g/mol. The third kappa shape index (κ3) is 4.28. The smallest absolute Gasteiger partial charge is 0.244 e. The van der Waals surface area contributed by atoms with Crippen molar-refractivity contribution in [2.75, 3.05) is 19.6 Å². The summed E-state index contributed by atoms with van der Waals surface area (Å²) in [7, 11) is -3.42. The van der Waals surface area contributed by atoms with Crippen LogP contribution >= 0.6 is 27.3 Å². The van der Waals surface area contributed by atoms with Gasteiger partial charge in [0.25, 0.3) is 0 Å². The normalized spacial score (nSPS) is 19.8. The minimum Gasteiger partial charge on any atom is -0.313 e. The summed E-state index contributed by atoms with van der Waals surface area (Å²) in [6.45, 7) is 8.09. The first kappa shape index (κ1) is 17.4. The van der Waals surface area contributed by atoms with Gasteiger partial charge in [0.05, 0.1) is 8.68 Å². The van der Waals surface area contributed by atoms with Crippen molar-refractivity contribution in [1.82, 2.24) is 9.62 Å². The van der Waals surface area contributed by atoms with Gasteiger partial charge in [-0.3, -0.25) is 0 Å². The van der Waals surface area contributed by atoms with Crippen molar-refractivity contribution >= 4 is 37.3 Å². The summed E-state index contributed by atoms with van der Waals surface area (Å²) in [4.78, 5) is 1.29. The molecule has 2 heterocycles. The number of thiophene rings is 1. The molecule has 21 heavy (non-hydrogen) atoms. The molecule has 1 aliphatic heterocycles. The lowest BCUT2D eigenvalue weighted by atomic mass is 10.2. The molecule has 0 amide bonds. The van der Waals surface area contributed by atoms with E-state index >= 15 is 0 Å². The summed E-state index contributed by atoms with van der Waals surface area (Å²) >= 11 is 4.86. The average molecular weight is 395 g/mol. The predicted molar refractivity (Wildman–Crippen MR) is 91.4 cm³/mol. The molecule has 1 unspecified atom stereocenters. The fraction of sp³-hybridized carbons (Fsp3) is 0.714. The highest BCUT2D eigenvalue weighted by atomic mass is 79.9. The quantitative estimate of drug-likeness (QED) is 0.805. The molecule has 120 valence electrons. The highest BCUT2D eigenvalue weighted by molar-refractivity contribution is 9.11. The molecule has 0 spiro atoms. The van der Waals surface area contributed by atoms with Gasteiger partial charge in [0.1, 0.15) is 0 Å². The minimum absolute atomic E-state index is 0.279. The lowest BCUT2D eigenvalue weighted by Crippen LogP contribution is -2.42. The zero-order valence-corrected chi connectivity index (χ0v) is 15.9. The van der Waals surface area contributed by atoms with Crippen LogP contribution < -0.4 is 5.32 Å². The second kappa shape index (κ2) is 7.08. The Morgan fingerprint density at radius 3 is 2.71 bits per heavy atom. The number of hydrogen-bond donors (Lipinski definition) is 1. The van der Waals surface area contributed by atoms with Gasteiger partial charge in [0, 0.05) is 24.0 Å². The van der Waals surface area contributed by atoms with Crippen LogP contribution in [0.1, 0.15) is 31.6 Å². The molecule has 0 saturated carbocycles. The molecule has 0 bridgehead atoms. The summed E-state index contributed by atoms with van der Waals surface area (Å²) in [5.74, 6) is 0.309. The first-order valence-electron chi connectivity index (χ1n) is 7.30. The Morgan fingerprint density at radius 2 is 2.24 bits per heavy atom. The zero-order valence-electron chi connectivity index (χ0n) is 12.7. The van der Waals surface area contributed by atoms with Gasteiger partial charge in [-0.25, -0.2) is 8.42 Å². The van der Waals surface area contributed by atoms with Crippen molar-refractivity contribution in [2.45, 2.75) is 44.6 Å². The van der Waals surface area contributed by atoms with E-state index in [1.54, 1.807) is 10.4 Å². The predicted octanol–water partition coefficient (Wildman–Crippen LogP) is 3.22. The lowest BCUT2D eigenvalue weighted by Gasteiger charge is -2.26. The van der Waals surface area contributed by atoms with E-state index < -0.39 is 10.0 Å². The van der Waals surface area contributed by atoms with E-state index in [1.807, 2.05) is 6.92 Å². The summed E-state index contributed by atoms with van der Waals surface area (Å²) in [5, 5.41) is 3.39. The second-order valence-corrected chi connectivity index (χ2v) is 10.5. The van der Waals surface area contributed by atoms with E-state index in [0.29, 0.717) is 23.9 Å². The maximum Gasteiger partial charge on any atom is 0.244 e. The lowest BCUT2D eigenvalue weighted by molar-refractivity contribution is 0.336. The van der Waals surface area contributed by atoms with E-state index in [2.05, 4.69) is 35.1 Å². The van der Waals surface area contributed by atoms with Gasteiger partial charge in [-0.15, -0.1) is 11.3 Å². The molecular formula is C14H23BrN2O2S2. The third-order valence-corrected chi connectivity index (χ3v) is 7.26. The van der Waals surface area contributed by atoms with Crippen molar-refractivity contribution in [1.29, 1.82) is 0 Å². The molecule has 0 aliphatic carbocycles. The molecule has 1 aromatic heterocycles. The molecule has 1 aliphatic rings. The van der Waals surface area contributed by atoms with E-state index in [4.69, 9.17) is 0 Å². The van der Waals surface area contributed by atoms with Gasteiger partial charge < -0.3 is 5.32 Å². The molecule has 1 N–H and O–H groups in total. The maximum absolute atomic E-state index is 13.0. The Balaban J connectivity index is 2.27. The van der Waals surface area contributed by atoms with Crippen LogP contribution in [0.15, 0.2) is 14.7 Å². The molecule has 7 heteroatoms. The van der Waals surface area contributed by atoms with Crippen LogP contribution in [0.3, 0.4) is 0 Å². The average Bonchev–Trinajstić information content (AvgIpc) is 2.97. The van der Waals surface area contributed by atoms with Crippen molar-refractivity contribution < 1.29 is 8.42 Å². The standard InChI is InChI=1S/C14H23BrN2O2S2/c1-10(2)8-17(9-12-5-4-6-16-12)21(18,19)13-7-14(15)20-11(13)3/h7,10,12,16H,4-6,8-9H2,1-3H3. The number of rotatable bonds is 6. The Hall–Kier alpha value is 0.0500. The summed E-state index contributed by atoms with van der Waals surface area (Å²) in [5.41, 5.74) is 0. The highest BCUT2D eigenvalue weighted by Gasteiger charge is 2.30. The van der Waals surface area contributed by atoms with Crippen LogP contribution in [0.2, 0.25) is 0 Å². The monoisotopic (exact) mass is 394 g/mol. The van der Waals surface area contributed by atoms with E-state index in [9.17, 15) is 8.42 Å². The molecule has 1 aromatic rings. The van der Waals surface area contributed by atoms with Crippen LogP contribution in [-0.4, -0.2) is 38.4 Å². The Morgan fingerprint density at radius 1 is 1.52 bits per heavy atom. The molecule has 1 fully saturated rings. The zero-order chi connectivity index (χ0) is 15.6. The fourth-order valence-corrected chi connectivity index (χ4v) is 6.69. The molecule has 4 nitrogen and oxygen atoms in total. The van der Waals surface area contributed by atoms with Crippen LogP contribution in [0, 0.1) is 12.8 Å². The summed E-state index contributed by atoms with van der Waals surface area (Å²) < 4.78 is 28.5. The first-order valence-corrected chi connectivity index (χ1v) is 10.3. The topological polar surface area (TPSA) is 49.4 Å². The van der Waals surface area contributed by atoms with Crippen molar-refractivity contribution in [2.24, 2.45) is 5.92 Å². The van der Waals surface area contributed by atoms with Crippen molar-refractivity contribution in [3.05, 3.63) is 14.7 Å². The molecule has 2 rings (SSSR count). The number of hydrogen-bond acceptors (Lipinski definition) is 4. The van der Waals surface area contributed by atoms with E-state index in [0.717, 1.165) is 28.0 Å². The van der Waals surface area contributed by atoms with Crippen LogP contribution in [0.5, 0.6) is 0 Å². The van der Waals surface area contributed by atoms with E-state index in [1.165, 1.54) is 11.3 Å². The van der Waals surface area contributed by atoms with Gasteiger partial charge in [-0.05, 0) is 54.2 Å². The highest BCUT2D eigenvalue weighted by Crippen LogP contribution is 2.32. The Bertz CT molecular complexity index is 578. The Kier molecular flexibility index (Phi) is 5.87. The molecule has 1 atom stereocenters. The van der Waals surface area contributed by atoms with Crippen LogP contribution in [0.25, 0.3) is 0 Å². The molecule has 0 radical (unpaired) electrons. The summed E-state index contributed by atoms with van der Waals surface area (Å²) in [6, 6.07) is 2.01. The van der Waals surface area contributed by atoms with Crippen molar-refractivity contribution in [3.63, 3.8) is 0 Å². The number of nitrogens with one attached hydrogen (secondary N) is 1. The van der Waals surface area contributed by atoms with Gasteiger partial charge in [0.15, 0.2) is 0 Å². The van der Waals surface area contributed by atoms with Gasteiger partial charge >= 0.3 is 0 Å². The second-order valence-electron chi connectivity index (χ2n) is 5.98. The van der Waals surface area contributed by atoms with Crippen molar-refractivity contribution in [3.8, 4) is 0 Å². The first-order chi connectivity index (χ1) is 9.80. The van der Waals surface area contributed by atoms with Gasteiger partial charge in [0.2, 0.25) is 10.0 Å². The number of nitrogens with zero attached hydrogens (tertiary/aromatic N) is 1.